The van der Waals surface area contributed by atoms with Gasteiger partial charge in [-0.25, -0.2) is 18.1 Å². The molecule has 33 heavy (non-hydrogen) atoms. The molecule has 0 spiro atoms. The predicted octanol–water partition coefficient (Wildman–Crippen LogP) is 2.78. The zero-order valence-corrected chi connectivity index (χ0v) is 19.1. The number of aromatic amines is 1. The number of nitrogens with one attached hydrogen (secondary N) is 1. The zero-order valence-electron chi connectivity index (χ0n) is 17.6. The molecular weight excluding hydrogens is 464 g/mol. The average Bonchev–Trinajstić information content (AvgIpc) is 3.23. The number of halogens is 1. The van der Waals surface area contributed by atoms with Crippen molar-refractivity contribution in [3.63, 3.8) is 0 Å². The van der Waals surface area contributed by atoms with Gasteiger partial charge >= 0.3 is 0 Å². The summed E-state index contributed by atoms with van der Waals surface area (Å²) in [5.41, 5.74) is 1.17. The van der Waals surface area contributed by atoms with Crippen LogP contribution in [-0.2, 0) is 16.6 Å². The normalized spacial score (nSPS) is 17.4. The van der Waals surface area contributed by atoms with Crippen LogP contribution in [0.4, 0.5) is 0 Å². The van der Waals surface area contributed by atoms with Gasteiger partial charge in [0.2, 0.25) is 10.0 Å². The van der Waals surface area contributed by atoms with E-state index in [-0.39, 0.29) is 28.4 Å². The SMILES string of the molecule is O=c1[nH]c(C2CCCN(S(=O)(=O)c3ccc(Cl)cc3)C2)nc2c1nnn2Cc1ccccc1. The number of piperidine rings is 1. The summed E-state index contributed by atoms with van der Waals surface area (Å²) in [6, 6.07) is 15.8. The monoisotopic (exact) mass is 484 g/mol. The topological polar surface area (TPSA) is 114 Å². The summed E-state index contributed by atoms with van der Waals surface area (Å²) < 4.78 is 29.3. The second kappa shape index (κ2) is 8.69. The molecule has 5 rings (SSSR count). The molecule has 1 saturated heterocycles. The first-order chi connectivity index (χ1) is 15.9. The molecule has 1 aliphatic rings. The van der Waals surface area contributed by atoms with Crippen molar-refractivity contribution in [2.75, 3.05) is 13.1 Å². The summed E-state index contributed by atoms with van der Waals surface area (Å²) in [5.74, 6) is 0.193. The van der Waals surface area contributed by atoms with Crippen LogP contribution in [0.3, 0.4) is 0 Å². The number of hydrogen-bond acceptors (Lipinski definition) is 6. The largest absolute Gasteiger partial charge is 0.308 e. The number of benzene rings is 2. The number of aromatic nitrogens is 5. The third-order valence-corrected chi connectivity index (χ3v) is 7.92. The van der Waals surface area contributed by atoms with Crippen LogP contribution in [0.2, 0.25) is 5.02 Å². The highest BCUT2D eigenvalue weighted by Crippen LogP contribution is 2.29. The highest BCUT2D eigenvalue weighted by Gasteiger charge is 2.32. The smallest absolute Gasteiger partial charge is 0.281 e. The van der Waals surface area contributed by atoms with Gasteiger partial charge in [0, 0.05) is 24.0 Å². The summed E-state index contributed by atoms with van der Waals surface area (Å²) in [6.45, 7) is 1.05. The van der Waals surface area contributed by atoms with Gasteiger partial charge in [0.15, 0.2) is 11.2 Å². The Hall–Kier alpha value is -3.08. The Morgan fingerprint density at radius 1 is 1.09 bits per heavy atom. The van der Waals surface area contributed by atoms with E-state index in [2.05, 4.69) is 20.3 Å². The quantitative estimate of drug-likeness (QED) is 0.466. The first kappa shape index (κ1) is 21.7. The van der Waals surface area contributed by atoms with Crippen molar-refractivity contribution in [3.8, 4) is 0 Å². The minimum Gasteiger partial charge on any atom is -0.308 e. The zero-order chi connectivity index (χ0) is 23.0. The van der Waals surface area contributed by atoms with Crippen LogP contribution in [0, 0.1) is 0 Å². The molecule has 1 atom stereocenters. The van der Waals surface area contributed by atoms with Crippen molar-refractivity contribution < 1.29 is 8.42 Å². The molecule has 1 N–H and O–H groups in total. The average molecular weight is 485 g/mol. The number of nitrogens with zero attached hydrogens (tertiary/aromatic N) is 5. The van der Waals surface area contributed by atoms with E-state index in [1.807, 2.05) is 30.3 Å². The van der Waals surface area contributed by atoms with E-state index in [1.54, 1.807) is 16.8 Å². The Balaban J connectivity index is 1.45. The van der Waals surface area contributed by atoms with E-state index in [0.717, 1.165) is 5.56 Å². The number of sulfonamides is 1. The maximum Gasteiger partial charge on any atom is 0.281 e. The standard InChI is InChI=1S/C22H21ClN6O3S/c23-17-8-10-18(11-9-17)33(31,32)28-12-4-7-16(14-28)20-24-21-19(22(30)25-20)26-27-29(21)13-15-5-2-1-3-6-15/h1-3,5-6,8-11,16H,4,7,12-14H2,(H,24,25,30). The number of hydrogen-bond donors (Lipinski definition) is 1. The molecule has 2 aromatic carbocycles. The maximum absolute atomic E-state index is 13.1. The van der Waals surface area contributed by atoms with E-state index in [9.17, 15) is 13.2 Å². The molecule has 3 heterocycles. The molecule has 170 valence electrons. The highest BCUT2D eigenvalue weighted by molar-refractivity contribution is 7.89. The molecule has 2 aromatic heterocycles. The molecule has 1 unspecified atom stereocenters. The van der Waals surface area contributed by atoms with Gasteiger partial charge in [-0.2, -0.15) is 4.31 Å². The molecule has 0 aliphatic carbocycles. The Morgan fingerprint density at radius 2 is 1.85 bits per heavy atom. The van der Waals surface area contributed by atoms with Crippen molar-refractivity contribution >= 4 is 32.8 Å². The molecule has 4 aromatic rings. The van der Waals surface area contributed by atoms with Gasteiger partial charge in [-0.3, -0.25) is 4.79 Å². The molecule has 0 bridgehead atoms. The molecule has 9 nitrogen and oxygen atoms in total. The summed E-state index contributed by atoms with van der Waals surface area (Å²) >= 11 is 5.91. The molecular formula is C22H21ClN6O3S. The van der Waals surface area contributed by atoms with Crippen LogP contribution in [0.5, 0.6) is 0 Å². The first-order valence-corrected chi connectivity index (χ1v) is 12.4. The number of fused-ring (bicyclic) bond motifs is 1. The van der Waals surface area contributed by atoms with Crippen molar-refractivity contribution in [2.45, 2.75) is 30.2 Å². The summed E-state index contributed by atoms with van der Waals surface area (Å²) in [4.78, 5) is 20.3. The van der Waals surface area contributed by atoms with E-state index in [1.165, 1.54) is 16.4 Å². The third kappa shape index (κ3) is 4.29. The van der Waals surface area contributed by atoms with Crippen LogP contribution in [0.1, 0.15) is 30.1 Å². The fourth-order valence-corrected chi connectivity index (χ4v) is 5.73. The third-order valence-electron chi connectivity index (χ3n) is 5.79. The van der Waals surface area contributed by atoms with E-state index in [4.69, 9.17) is 11.6 Å². The summed E-state index contributed by atoms with van der Waals surface area (Å²) in [6.07, 6.45) is 1.36. The maximum atomic E-state index is 13.1. The van der Waals surface area contributed by atoms with Gasteiger partial charge in [0.1, 0.15) is 5.82 Å². The Bertz CT molecular complexity index is 1450. The van der Waals surface area contributed by atoms with Gasteiger partial charge < -0.3 is 4.98 Å². The predicted molar refractivity (Wildman–Crippen MR) is 124 cm³/mol. The lowest BCUT2D eigenvalue weighted by molar-refractivity contribution is 0.309. The van der Waals surface area contributed by atoms with Crippen LogP contribution in [0.25, 0.3) is 11.2 Å². The Kier molecular flexibility index (Phi) is 5.73. The van der Waals surface area contributed by atoms with E-state index >= 15 is 0 Å². The van der Waals surface area contributed by atoms with Crippen molar-refractivity contribution in [2.24, 2.45) is 0 Å². The Morgan fingerprint density at radius 3 is 2.61 bits per heavy atom. The van der Waals surface area contributed by atoms with E-state index in [0.29, 0.717) is 42.4 Å². The number of H-pyrrole nitrogens is 1. The van der Waals surface area contributed by atoms with Gasteiger partial charge in [-0.1, -0.05) is 47.1 Å². The number of rotatable bonds is 5. The van der Waals surface area contributed by atoms with E-state index < -0.39 is 10.0 Å². The lowest BCUT2D eigenvalue weighted by atomic mass is 9.99. The second-order valence-corrected chi connectivity index (χ2v) is 10.4. The molecule has 1 aliphatic heterocycles. The van der Waals surface area contributed by atoms with Gasteiger partial charge in [0.25, 0.3) is 5.56 Å². The lowest BCUT2D eigenvalue weighted by Gasteiger charge is -2.31. The summed E-state index contributed by atoms with van der Waals surface area (Å²) in [7, 11) is -3.69. The minimum absolute atomic E-state index is 0.163. The molecule has 0 radical (unpaired) electrons. The molecule has 1 fully saturated rings. The van der Waals surface area contributed by atoms with Gasteiger partial charge in [-0.05, 0) is 42.7 Å². The molecule has 0 saturated carbocycles. The van der Waals surface area contributed by atoms with Crippen molar-refractivity contribution in [1.29, 1.82) is 0 Å². The fraction of sp³-hybridized carbons (Fsp3) is 0.273. The summed E-state index contributed by atoms with van der Waals surface area (Å²) in [5, 5.41) is 8.57. The second-order valence-electron chi connectivity index (χ2n) is 8.01. The lowest BCUT2D eigenvalue weighted by Crippen LogP contribution is -2.39. The first-order valence-electron chi connectivity index (χ1n) is 10.5. The van der Waals surface area contributed by atoms with Gasteiger partial charge in [0.05, 0.1) is 11.4 Å². The highest BCUT2D eigenvalue weighted by atomic mass is 35.5. The van der Waals surface area contributed by atoms with Crippen LogP contribution in [-0.4, -0.2) is 50.8 Å². The Labute approximate surface area is 195 Å². The molecule has 11 heteroatoms. The van der Waals surface area contributed by atoms with Crippen molar-refractivity contribution in [3.05, 3.63) is 81.4 Å². The van der Waals surface area contributed by atoms with Crippen LogP contribution < -0.4 is 5.56 Å². The van der Waals surface area contributed by atoms with Gasteiger partial charge in [-0.15, -0.1) is 5.10 Å². The minimum atomic E-state index is -3.69. The molecule has 0 amide bonds. The van der Waals surface area contributed by atoms with Crippen molar-refractivity contribution in [1.82, 2.24) is 29.3 Å². The fourth-order valence-electron chi connectivity index (χ4n) is 4.08. The van der Waals surface area contributed by atoms with Crippen LogP contribution >= 0.6 is 11.6 Å². The van der Waals surface area contributed by atoms with Crippen LogP contribution in [0.15, 0.2) is 64.3 Å².